The van der Waals surface area contributed by atoms with Gasteiger partial charge in [0.25, 0.3) is 5.91 Å². The van der Waals surface area contributed by atoms with Crippen LogP contribution in [-0.4, -0.2) is 30.1 Å². The van der Waals surface area contributed by atoms with Crippen molar-refractivity contribution in [2.24, 2.45) is 11.8 Å². The summed E-state index contributed by atoms with van der Waals surface area (Å²) < 4.78 is 5.40. The number of hydrogen-bond acceptors (Lipinski definition) is 3. The van der Waals surface area contributed by atoms with Gasteiger partial charge in [0.1, 0.15) is 5.75 Å². The molecular formula is C16H23NO4. The largest absolute Gasteiger partial charge is 0.484 e. The summed E-state index contributed by atoms with van der Waals surface area (Å²) in [6.07, 6.45) is 0.901. The van der Waals surface area contributed by atoms with E-state index in [4.69, 9.17) is 9.84 Å². The molecule has 0 aliphatic heterocycles. The molecule has 0 bridgehead atoms. The molecular weight excluding hydrogens is 270 g/mol. The highest BCUT2D eigenvalue weighted by molar-refractivity contribution is 5.78. The number of nitrogens with one attached hydrogen (secondary N) is 1. The molecule has 1 aromatic rings. The predicted octanol–water partition coefficient (Wildman–Crippen LogP) is 2.10. The molecule has 5 heteroatoms. The van der Waals surface area contributed by atoms with E-state index in [1.54, 1.807) is 6.07 Å². The van der Waals surface area contributed by atoms with Crippen LogP contribution in [0.3, 0.4) is 0 Å². The Morgan fingerprint density at radius 1 is 1.33 bits per heavy atom. The van der Waals surface area contributed by atoms with Gasteiger partial charge < -0.3 is 15.2 Å². The number of rotatable bonds is 8. The fourth-order valence-electron chi connectivity index (χ4n) is 1.89. The minimum atomic E-state index is -0.901. The molecule has 1 aromatic carbocycles. The van der Waals surface area contributed by atoms with Crippen LogP contribution in [-0.2, 0) is 16.0 Å². The summed E-state index contributed by atoms with van der Waals surface area (Å²) in [6.45, 7) is 5.68. The van der Waals surface area contributed by atoms with Crippen molar-refractivity contribution in [3.8, 4) is 5.75 Å². The maximum Gasteiger partial charge on any atom is 0.308 e. The first kappa shape index (κ1) is 17.0. The van der Waals surface area contributed by atoms with E-state index >= 15 is 0 Å². The second-order valence-corrected chi connectivity index (χ2v) is 5.28. The normalized spacial score (nSPS) is 12.0. The fraction of sp³-hybridized carbons (Fsp3) is 0.500. The molecule has 1 unspecified atom stereocenters. The van der Waals surface area contributed by atoms with Gasteiger partial charge in [0.15, 0.2) is 6.61 Å². The average Bonchev–Trinajstić information content (AvgIpc) is 2.44. The molecule has 1 amide bonds. The third kappa shape index (κ3) is 5.85. The number of carboxylic acid groups (broad SMARTS) is 1. The van der Waals surface area contributed by atoms with E-state index in [9.17, 15) is 9.59 Å². The number of hydrogen-bond donors (Lipinski definition) is 2. The highest BCUT2D eigenvalue weighted by atomic mass is 16.5. The summed E-state index contributed by atoms with van der Waals surface area (Å²) in [5, 5.41) is 11.6. The van der Waals surface area contributed by atoms with Crippen LogP contribution < -0.4 is 10.1 Å². The van der Waals surface area contributed by atoms with E-state index in [1.807, 2.05) is 39.0 Å². The molecule has 0 aromatic heterocycles. The molecule has 2 N–H and O–H groups in total. The third-order valence-corrected chi connectivity index (χ3v) is 3.32. The molecule has 1 atom stereocenters. The topological polar surface area (TPSA) is 75.6 Å². The van der Waals surface area contributed by atoms with Crippen molar-refractivity contribution in [2.45, 2.75) is 27.2 Å². The lowest BCUT2D eigenvalue weighted by atomic mass is 9.96. The number of benzene rings is 1. The third-order valence-electron chi connectivity index (χ3n) is 3.32. The summed E-state index contributed by atoms with van der Waals surface area (Å²) in [4.78, 5) is 22.7. The van der Waals surface area contributed by atoms with Gasteiger partial charge >= 0.3 is 5.97 Å². The van der Waals surface area contributed by atoms with Crippen LogP contribution >= 0.6 is 0 Å². The van der Waals surface area contributed by atoms with Crippen LogP contribution in [0.5, 0.6) is 5.75 Å². The quantitative estimate of drug-likeness (QED) is 0.769. The number of carboxylic acids is 1. The number of aryl methyl sites for hydroxylation is 1. The Kier molecular flexibility index (Phi) is 6.72. The fourth-order valence-corrected chi connectivity index (χ4v) is 1.89. The van der Waals surface area contributed by atoms with Crippen molar-refractivity contribution in [3.63, 3.8) is 0 Å². The zero-order valence-electron chi connectivity index (χ0n) is 12.8. The lowest BCUT2D eigenvalue weighted by Crippen LogP contribution is -2.37. The van der Waals surface area contributed by atoms with Crippen LogP contribution in [0.4, 0.5) is 0 Å². The van der Waals surface area contributed by atoms with E-state index in [0.29, 0.717) is 5.75 Å². The number of aliphatic carboxylic acids is 1. The van der Waals surface area contributed by atoms with Crippen molar-refractivity contribution >= 4 is 11.9 Å². The van der Waals surface area contributed by atoms with Crippen molar-refractivity contribution in [1.82, 2.24) is 5.32 Å². The summed E-state index contributed by atoms with van der Waals surface area (Å²) in [6, 6.07) is 7.56. The highest BCUT2D eigenvalue weighted by Crippen LogP contribution is 2.13. The molecule has 0 saturated carbocycles. The first-order chi connectivity index (χ1) is 9.93. The number of amides is 1. The Bertz CT molecular complexity index is 485. The molecule has 5 nitrogen and oxygen atoms in total. The lowest BCUT2D eigenvalue weighted by Gasteiger charge is -2.16. The molecule has 1 rings (SSSR count). The summed E-state index contributed by atoms with van der Waals surface area (Å²) in [5.41, 5.74) is 1.14. The van der Waals surface area contributed by atoms with Gasteiger partial charge in [0.05, 0.1) is 5.92 Å². The lowest BCUT2D eigenvalue weighted by molar-refractivity contribution is -0.143. The van der Waals surface area contributed by atoms with E-state index in [1.165, 1.54) is 0 Å². The Labute approximate surface area is 125 Å². The SMILES string of the molecule is CCc1cccc(OCC(=O)NCC(C(=O)O)C(C)C)c1. The predicted molar refractivity (Wildman–Crippen MR) is 80.3 cm³/mol. The second kappa shape index (κ2) is 8.29. The van der Waals surface area contributed by atoms with Crippen molar-refractivity contribution < 1.29 is 19.4 Å². The van der Waals surface area contributed by atoms with Gasteiger partial charge in [-0.25, -0.2) is 0 Å². The Balaban J connectivity index is 2.41. The molecule has 21 heavy (non-hydrogen) atoms. The maximum absolute atomic E-state index is 11.7. The van der Waals surface area contributed by atoms with Gasteiger partial charge in [-0.1, -0.05) is 32.9 Å². The molecule has 0 fully saturated rings. The van der Waals surface area contributed by atoms with Crippen molar-refractivity contribution in [1.29, 1.82) is 0 Å². The van der Waals surface area contributed by atoms with Crippen LogP contribution in [0.25, 0.3) is 0 Å². The van der Waals surface area contributed by atoms with Gasteiger partial charge in [-0.3, -0.25) is 9.59 Å². The average molecular weight is 293 g/mol. The van der Waals surface area contributed by atoms with Crippen molar-refractivity contribution in [3.05, 3.63) is 29.8 Å². The van der Waals surface area contributed by atoms with Crippen LogP contribution in [0.15, 0.2) is 24.3 Å². The zero-order chi connectivity index (χ0) is 15.8. The number of carbonyl (C=O) groups excluding carboxylic acids is 1. The molecule has 116 valence electrons. The second-order valence-electron chi connectivity index (χ2n) is 5.28. The van der Waals surface area contributed by atoms with Gasteiger partial charge in [0.2, 0.25) is 0 Å². The first-order valence-electron chi connectivity index (χ1n) is 7.15. The summed E-state index contributed by atoms with van der Waals surface area (Å²) in [7, 11) is 0. The highest BCUT2D eigenvalue weighted by Gasteiger charge is 2.21. The van der Waals surface area contributed by atoms with Gasteiger partial charge in [-0.2, -0.15) is 0 Å². The van der Waals surface area contributed by atoms with Crippen LogP contribution in [0, 0.1) is 11.8 Å². The maximum atomic E-state index is 11.7. The smallest absolute Gasteiger partial charge is 0.308 e. The Morgan fingerprint density at radius 2 is 2.05 bits per heavy atom. The van der Waals surface area contributed by atoms with Gasteiger partial charge in [0, 0.05) is 6.54 Å². The number of ether oxygens (including phenoxy) is 1. The molecule has 0 aliphatic carbocycles. The molecule has 0 saturated heterocycles. The van der Waals surface area contributed by atoms with E-state index in [-0.39, 0.29) is 25.0 Å². The van der Waals surface area contributed by atoms with Gasteiger partial charge in [-0.15, -0.1) is 0 Å². The van der Waals surface area contributed by atoms with Crippen LogP contribution in [0.2, 0.25) is 0 Å². The minimum absolute atomic E-state index is 0.0371. The standard InChI is InChI=1S/C16H23NO4/c1-4-12-6-5-7-13(8-12)21-10-15(18)17-9-14(11(2)3)16(19)20/h5-8,11,14H,4,9-10H2,1-3H3,(H,17,18)(H,19,20). The zero-order valence-corrected chi connectivity index (χ0v) is 12.8. The van der Waals surface area contributed by atoms with E-state index in [0.717, 1.165) is 12.0 Å². The minimum Gasteiger partial charge on any atom is -0.484 e. The van der Waals surface area contributed by atoms with E-state index in [2.05, 4.69) is 5.32 Å². The van der Waals surface area contributed by atoms with Crippen molar-refractivity contribution in [2.75, 3.05) is 13.2 Å². The molecule has 0 heterocycles. The van der Waals surface area contributed by atoms with Gasteiger partial charge in [-0.05, 0) is 30.0 Å². The Morgan fingerprint density at radius 3 is 2.62 bits per heavy atom. The molecule has 0 spiro atoms. The first-order valence-corrected chi connectivity index (χ1v) is 7.15. The summed E-state index contributed by atoms with van der Waals surface area (Å²) in [5.74, 6) is -1.20. The molecule has 0 radical (unpaired) electrons. The molecule has 0 aliphatic rings. The summed E-state index contributed by atoms with van der Waals surface area (Å²) >= 11 is 0. The monoisotopic (exact) mass is 293 g/mol. The van der Waals surface area contributed by atoms with E-state index < -0.39 is 11.9 Å². The Hall–Kier alpha value is -2.04. The number of carbonyl (C=O) groups is 2. The van der Waals surface area contributed by atoms with Crippen LogP contribution in [0.1, 0.15) is 26.3 Å².